The molecule has 0 saturated carbocycles. The Labute approximate surface area is 165 Å². The molecule has 1 amide bonds. The van der Waals surface area contributed by atoms with E-state index in [-0.39, 0.29) is 25.6 Å². The lowest BCUT2D eigenvalue weighted by atomic mass is 9.98. The molecule has 2 aromatic carbocycles. The molecule has 0 bridgehead atoms. The van der Waals surface area contributed by atoms with Crippen LogP contribution in [-0.4, -0.2) is 43.3 Å². The van der Waals surface area contributed by atoms with E-state index in [2.05, 4.69) is 30.2 Å². The van der Waals surface area contributed by atoms with Crippen LogP contribution in [-0.2, 0) is 14.3 Å². The van der Waals surface area contributed by atoms with E-state index in [0.717, 1.165) is 22.3 Å². The van der Waals surface area contributed by atoms with Crippen molar-refractivity contribution in [3.63, 3.8) is 0 Å². The van der Waals surface area contributed by atoms with Gasteiger partial charge in [-0.15, -0.1) is 6.42 Å². The van der Waals surface area contributed by atoms with Crippen molar-refractivity contribution in [2.45, 2.75) is 19.3 Å². The lowest BCUT2D eigenvalue weighted by Gasteiger charge is -2.21. The van der Waals surface area contributed by atoms with Crippen molar-refractivity contribution in [3.05, 3.63) is 59.7 Å². The summed E-state index contributed by atoms with van der Waals surface area (Å²) in [7, 11) is 0. The van der Waals surface area contributed by atoms with Crippen molar-refractivity contribution in [2.24, 2.45) is 0 Å². The Morgan fingerprint density at radius 2 is 1.64 bits per heavy atom. The van der Waals surface area contributed by atoms with Gasteiger partial charge in [0.05, 0.1) is 13.2 Å². The second-order valence-corrected chi connectivity index (χ2v) is 6.58. The van der Waals surface area contributed by atoms with Gasteiger partial charge in [-0.05, 0) is 28.7 Å². The molecule has 28 heavy (non-hydrogen) atoms. The van der Waals surface area contributed by atoms with E-state index < -0.39 is 12.1 Å². The number of carbonyl (C=O) groups excluding carboxylic acids is 2. The molecule has 0 aliphatic heterocycles. The van der Waals surface area contributed by atoms with Gasteiger partial charge in [0.25, 0.3) is 0 Å². The Hall–Kier alpha value is -3.26. The van der Waals surface area contributed by atoms with Gasteiger partial charge < -0.3 is 9.47 Å². The monoisotopic (exact) mass is 377 g/mol. The first-order valence-corrected chi connectivity index (χ1v) is 9.34. The zero-order valence-corrected chi connectivity index (χ0v) is 15.9. The SMILES string of the molecule is C#CCN(CC(=O)OCCC)C(=O)OCC1c2ccccc2-c2ccccc21. The number of nitrogens with zero attached hydrogens (tertiary/aromatic N) is 1. The molecule has 0 heterocycles. The fraction of sp³-hybridized carbons (Fsp3) is 0.304. The predicted molar refractivity (Wildman–Crippen MR) is 107 cm³/mol. The third kappa shape index (κ3) is 4.17. The average molecular weight is 377 g/mol. The van der Waals surface area contributed by atoms with Crippen molar-refractivity contribution in [1.82, 2.24) is 4.90 Å². The number of hydrogen-bond donors (Lipinski definition) is 0. The lowest BCUT2D eigenvalue weighted by Crippen LogP contribution is -2.37. The lowest BCUT2D eigenvalue weighted by molar-refractivity contribution is -0.144. The Bertz CT molecular complexity index is 854. The predicted octanol–water partition coefficient (Wildman–Crippen LogP) is 3.82. The molecule has 2 aromatic rings. The standard InChI is InChI=1S/C23H23NO4/c1-3-13-24(15-22(25)27-14-4-2)23(26)28-16-21-19-11-7-5-9-17(19)18-10-6-8-12-20(18)21/h1,5-12,21H,4,13-16H2,2H3. The molecule has 1 aliphatic carbocycles. The van der Waals surface area contributed by atoms with Crippen LogP contribution in [0, 0.1) is 12.3 Å². The molecular formula is C23H23NO4. The quantitative estimate of drug-likeness (QED) is 0.544. The molecule has 0 atom stereocenters. The maximum Gasteiger partial charge on any atom is 0.411 e. The first kappa shape index (κ1) is 19.5. The highest BCUT2D eigenvalue weighted by Gasteiger charge is 2.30. The summed E-state index contributed by atoms with van der Waals surface area (Å²) in [6, 6.07) is 16.2. The molecule has 0 unspecified atom stereocenters. The highest BCUT2D eigenvalue weighted by molar-refractivity contribution is 5.80. The van der Waals surface area contributed by atoms with Gasteiger partial charge in [0.15, 0.2) is 0 Å². The third-order valence-electron chi connectivity index (χ3n) is 4.66. The fourth-order valence-electron chi connectivity index (χ4n) is 3.40. The first-order chi connectivity index (χ1) is 13.7. The molecule has 5 nitrogen and oxygen atoms in total. The Morgan fingerprint density at radius 3 is 2.21 bits per heavy atom. The van der Waals surface area contributed by atoms with Crippen molar-refractivity contribution in [1.29, 1.82) is 0 Å². The van der Waals surface area contributed by atoms with Crippen LogP contribution in [0.1, 0.15) is 30.4 Å². The summed E-state index contributed by atoms with van der Waals surface area (Å²) in [5, 5.41) is 0. The summed E-state index contributed by atoms with van der Waals surface area (Å²) in [5.74, 6) is 1.85. The molecule has 0 spiro atoms. The highest BCUT2D eigenvalue weighted by Crippen LogP contribution is 2.44. The number of amides is 1. The third-order valence-corrected chi connectivity index (χ3v) is 4.66. The number of ether oxygens (including phenoxy) is 2. The number of terminal acetylenes is 1. The maximum absolute atomic E-state index is 12.5. The van der Waals surface area contributed by atoms with Crippen LogP contribution in [0.5, 0.6) is 0 Å². The normalized spacial score (nSPS) is 11.9. The van der Waals surface area contributed by atoms with Gasteiger partial charge >= 0.3 is 12.1 Å². The van der Waals surface area contributed by atoms with E-state index in [1.165, 1.54) is 4.90 Å². The van der Waals surface area contributed by atoms with Crippen LogP contribution >= 0.6 is 0 Å². The molecule has 3 rings (SSSR count). The van der Waals surface area contributed by atoms with Gasteiger partial charge in [-0.1, -0.05) is 61.4 Å². The van der Waals surface area contributed by atoms with Gasteiger partial charge in [-0.3, -0.25) is 9.69 Å². The van der Waals surface area contributed by atoms with Crippen LogP contribution in [0.4, 0.5) is 4.79 Å². The largest absolute Gasteiger partial charge is 0.464 e. The van der Waals surface area contributed by atoms with E-state index >= 15 is 0 Å². The zero-order chi connectivity index (χ0) is 19.9. The number of esters is 1. The average Bonchev–Trinajstić information content (AvgIpc) is 3.04. The second kappa shape index (κ2) is 9.09. The minimum atomic E-state index is -0.617. The summed E-state index contributed by atoms with van der Waals surface area (Å²) in [4.78, 5) is 25.5. The van der Waals surface area contributed by atoms with Crippen molar-refractivity contribution < 1.29 is 19.1 Å². The molecule has 0 saturated heterocycles. The minimum Gasteiger partial charge on any atom is -0.464 e. The maximum atomic E-state index is 12.5. The molecule has 0 aromatic heterocycles. The van der Waals surface area contributed by atoms with Crippen LogP contribution < -0.4 is 0 Å². The second-order valence-electron chi connectivity index (χ2n) is 6.58. The fourth-order valence-corrected chi connectivity index (χ4v) is 3.40. The summed E-state index contributed by atoms with van der Waals surface area (Å²) >= 11 is 0. The number of benzene rings is 2. The van der Waals surface area contributed by atoms with E-state index in [4.69, 9.17) is 15.9 Å². The molecule has 5 heteroatoms. The van der Waals surface area contributed by atoms with Gasteiger partial charge in [0.2, 0.25) is 0 Å². The molecule has 0 radical (unpaired) electrons. The van der Waals surface area contributed by atoms with Gasteiger partial charge in [0.1, 0.15) is 13.2 Å². The summed E-state index contributed by atoms with van der Waals surface area (Å²) < 4.78 is 10.6. The van der Waals surface area contributed by atoms with E-state index in [1.54, 1.807) is 0 Å². The first-order valence-electron chi connectivity index (χ1n) is 9.34. The van der Waals surface area contributed by atoms with Crippen LogP contribution in [0.2, 0.25) is 0 Å². The van der Waals surface area contributed by atoms with Gasteiger partial charge in [-0.25, -0.2) is 4.79 Å². The summed E-state index contributed by atoms with van der Waals surface area (Å²) in [6.07, 6.45) is 5.43. The highest BCUT2D eigenvalue weighted by atomic mass is 16.6. The number of rotatable bonds is 7. The molecule has 1 aliphatic rings. The van der Waals surface area contributed by atoms with Gasteiger partial charge in [0, 0.05) is 5.92 Å². The zero-order valence-electron chi connectivity index (χ0n) is 15.9. The smallest absolute Gasteiger partial charge is 0.411 e. The van der Waals surface area contributed by atoms with E-state index in [1.807, 2.05) is 31.2 Å². The van der Waals surface area contributed by atoms with Crippen LogP contribution in [0.3, 0.4) is 0 Å². The van der Waals surface area contributed by atoms with Crippen LogP contribution in [0.25, 0.3) is 11.1 Å². The Balaban J connectivity index is 1.69. The minimum absolute atomic E-state index is 0.0160. The number of fused-ring (bicyclic) bond motifs is 3. The summed E-state index contributed by atoms with van der Waals surface area (Å²) in [5.41, 5.74) is 4.57. The van der Waals surface area contributed by atoms with Crippen molar-refractivity contribution in [2.75, 3.05) is 26.3 Å². The number of hydrogen-bond acceptors (Lipinski definition) is 4. The molecule has 0 fully saturated rings. The van der Waals surface area contributed by atoms with Crippen LogP contribution in [0.15, 0.2) is 48.5 Å². The Morgan fingerprint density at radius 1 is 1.04 bits per heavy atom. The summed E-state index contributed by atoms with van der Waals surface area (Å²) in [6.45, 7) is 2.15. The van der Waals surface area contributed by atoms with E-state index in [9.17, 15) is 9.59 Å². The van der Waals surface area contributed by atoms with Crippen molar-refractivity contribution >= 4 is 12.1 Å². The van der Waals surface area contributed by atoms with Crippen molar-refractivity contribution in [3.8, 4) is 23.5 Å². The number of carbonyl (C=O) groups is 2. The van der Waals surface area contributed by atoms with E-state index in [0.29, 0.717) is 13.0 Å². The molecular weight excluding hydrogens is 354 g/mol. The molecule has 144 valence electrons. The van der Waals surface area contributed by atoms with Gasteiger partial charge in [-0.2, -0.15) is 0 Å². The Kier molecular flexibility index (Phi) is 6.33. The topological polar surface area (TPSA) is 55.8 Å². The molecule has 0 N–H and O–H groups in total.